The second kappa shape index (κ2) is 19.2. The number of nitrogens with one attached hydrogen (secondary N) is 1. The molecule has 1 amide bonds. The third-order valence-corrected chi connectivity index (χ3v) is 6.15. The zero-order valence-corrected chi connectivity index (χ0v) is 21.8. The summed E-state index contributed by atoms with van der Waals surface area (Å²) in [4.78, 5) is 37.6. The van der Waals surface area contributed by atoms with E-state index in [9.17, 15) is 14.4 Å². The van der Waals surface area contributed by atoms with Crippen LogP contribution in [0.5, 0.6) is 0 Å². The van der Waals surface area contributed by atoms with E-state index in [0.29, 0.717) is 12.0 Å². The Morgan fingerprint density at radius 2 is 1.32 bits per heavy atom. The lowest BCUT2D eigenvalue weighted by molar-refractivity contribution is -0.147. The van der Waals surface area contributed by atoms with Gasteiger partial charge in [0.25, 0.3) is 0 Å². The fourth-order valence-corrected chi connectivity index (χ4v) is 4.04. The number of aryl methyl sites for hydroxylation is 1. The second-order valence-corrected chi connectivity index (χ2v) is 9.23. The van der Waals surface area contributed by atoms with Crippen molar-refractivity contribution in [2.24, 2.45) is 0 Å². The fourth-order valence-electron chi connectivity index (χ4n) is 4.04. The first-order valence-electron chi connectivity index (χ1n) is 13.6. The third-order valence-electron chi connectivity index (χ3n) is 6.15. The largest absolute Gasteiger partial charge is 0.464 e. The molecule has 0 spiro atoms. The van der Waals surface area contributed by atoms with Crippen LogP contribution >= 0.6 is 0 Å². The maximum atomic E-state index is 12.8. The van der Waals surface area contributed by atoms with Crippen molar-refractivity contribution < 1.29 is 19.1 Å². The summed E-state index contributed by atoms with van der Waals surface area (Å²) in [6.45, 7) is 6.33. The van der Waals surface area contributed by atoms with Crippen molar-refractivity contribution in [1.29, 1.82) is 0 Å². The van der Waals surface area contributed by atoms with Gasteiger partial charge < -0.3 is 10.1 Å². The van der Waals surface area contributed by atoms with E-state index < -0.39 is 12.0 Å². The van der Waals surface area contributed by atoms with Gasteiger partial charge in [0, 0.05) is 18.4 Å². The topological polar surface area (TPSA) is 72.5 Å². The second-order valence-electron chi connectivity index (χ2n) is 9.23. The molecule has 5 heteroatoms. The predicted molar refractivity (Wildman–Crippen MR) is 139 cm³/mol. The van der Waals surface area contributed by atoms with E-state index >= 15 is 0 Å². The number of carbonyl (C=O) groups is 3. The maximum absolute atomic E-state index is 12.8. The molecule has 0 aliphatic carbocycles. The highest BCUT2D eigenvalue weighted by Gasteiger charge is 2.25. The summed E-state index contributed by atoms with van der Waals surface area (Å²) < 4.78 is 5.11. The van der Waals surface area contributed by atoms with E-state index in [1.54, 1.807) is 6.92 Å². The molecule has 0 aliphatic rings. The van der Waals surface area contributed by atoms with E-state index in [-0.39, 0.29) is 24.7 Å². The number of Topliss-reactive ketones (excluding diaryl/α,β-unsaturated/α-hetero) is 1. The number of hydrogen-bond acceptors (Lipinski definition) is 4. The molecule has 0 radical (unpaired) electrons. The number of carbonyl (C=O) groups excluding carboxylic acids is 3. The van der Waals surface area contributed by atoms with Gasteiger partial charge in [0.15, 0.2) is 5.78 Å². The molecule has 1 rings (SSSR count). The summed E-state index contributed by atoms with van der Waals surface area (Å²) in [5.74, 6) is -0.908. The first kappa shape index (κ1) is 29.9. The standard InChI is InChI=1S/C29H47NO4/c1-4-7-9-10-11-12-13-14-16-18-28(32)30-26(29(33)34-6-3)23-27(31)25-21-19-24(20-22-25)17-15-8-5-2/h19-22,26H,4-18,23H2,1-3H3,(H,30,32)/t26-/m1/s1. The number of amides is 1. The van der Waals surface area contributed by atoms with Crippen molar-refractivity contribution in [2.45, 2.75) is 123 Å². The lowest BCUT2D eigenvalue weighted by atomic mass is 10.00. The molecule has 1 aromatic rings. The van der Waals surface area contributed by atoms with Crippen molar-refractivity contribution in [1.82, 2.24) is 5.32 Å². The van der Waals surface area contributed by atoms with E-state index in [1.165, 1.54) is 56.9 Å². The minimum absolute atomic E-state index is 0.0858. The monoisotopic (exact) mass is 473 g/mol. The van der Waals surface area contributed by atoms with Crippen LogP contribution < -0.4 is 5.32 Å². The average molecular weight is 474 g/mol. The molecular formula is C29H47NO4. The number of ketones is 1. The van der Waals surface area contributed by atoms with Crippen LogP contribution in [0, 0.1) is 0 Å². The van der Waals surface area contributed by atoms with Crippen LogP contribution in [-0.2, 0) is 20.7 Å². The molecule has 34 heavy (non-hydrogen) atoms. The van der Waals surface area contributed by atoms with Crippen LogP contribution in [-0.4, -0.2) is 30.3 Å². The fraction of sp³-hybridized carbons (Fsp3) is 0.690. The van der Waals surface area contributed by atoms with E-state index in [4.69, 9.17) is 4.74 Å². The minimum atomic E-state index is -0.942. The molecule has 0 bridgehead atoms. The van der Waals surface area contributed by atoms with Crippen LogP contribution in [0.15, 0.2) is 24.3 Å². The third kappa shape index (κ3) is 13.5. The summed E-state index contributed by atoms with van der Waals surface area (Å²) in [7, 11) is 0. The van der Waals surface area contributed by atoms with Crippen LogP contribution in [0.2, 0.25) is 0 Å². The van der Waals surface area contributed by atoms with Crippen LogP contribution in [0.25, 0.3) is 0 Å². The summed E-state index contributed by atoms with van der Waals surface area (Å²) >= 11 is 0. The molecule has 0 saturated heterocycles. The van der Waals surface area contributed by atoms with Crippen molar-refractivity contribution >= 4 is 17.7 Å². The highest BCUT2D eigenvalue weighted by molar-refractivity contribution is 5.99. The van der Waals surface area contributed by atoms with Gasteiger partial charge in [-0.05, 0) is 31.7 Å². The van der Waals surface area contributed by atoms with Crippen molar-refractivity contribution in [2.75, 3.05) is 6.61 Å². The SMILES string of the molecule is CCCCCCCCCCCC(=O)N[C@H](CC(=O)c1ccc(CCCCC)cc1)C(=O)OCC. The number of ether oxygens (including phenoxy) is 1. The summed E-state index contributed by atoms with van der Waals surface area (Å²) in [5, 5.41) is 2.74. The average Bonchev–Trinajstić information content (AvgIpc) is 2.83. The van der Waals surface area contributed by atoms with E-state index in [1.807, 2.05) is 24.3 Å². The zero-order valence-electron chi connectivity index (χ0n) is 21.8. The maximum Gasteiger partial charge on any atom is 0.329 e. The lowest BCUT2D eigenvalue weighted by Crippen LogP contribution is -2.43. The predicted octanol–water partition coefficient (Wildman–Crippen LogP) is 6.96. The lowest BCUT2D eigenvalue weighted by Gasteiger charge is -2.17. The highest BCUT2D eigenvalue weighted by atomic mass is 16.5. The Bertz CT molecular complexity index is 699. The van der Waals surface area contributed by atoms with Crippen LogP contribution in [0.1, 0.15) is 127 Å². The van der Waals surface area contributed by atoms with Gasteiger partial charge in [-0.1, -0.05) is 102 Å². The summed E-state index contributed by atoms with van der Waals surface area (Å²) in [6.07, 6.45) is 15.4. The molecule has 1 N–H and O–H groups in total. The first-order valence-corrected chi connectivity index (χ1v) is 13.6. The summed E-state index contributed by atoms with van der Waals surface area (Å²) in [6, 6.07) is 6.64. The van der Waals surface area contributed by atoms with E-state index in [2.05, 4.69) is 19.2 Å². The number of esters is 1. The van der Waals surface area contributed by atoms with Crippen molar-refractivity contribution in [3.05, 3.63) is 35.4 Å². The Morgan fingerprint density at radius 1 is 0.765 bits per heavy atom. The molecule has 0 aliphatic heterocycles. The Hall–Kier alpha value is -2.17. The van der Waals surface area contributed by atoms with Gasteiger partial charge in [0.05, 0.1) is 6.61 Å². The molecule has 0 unspecified atom stereocenters. The van der Waals surface area contributed by atoms with Crippen molar-refractivity contribution in [3.8, 4) is 0 Å². The highest BCUT2D eigenvalue weighted by Crippen LogP contribution is 2.13. The molecule has 5 nitrogen and oxygen atoms in total. The van der Waals surface area contributed by atoms with Gasteiger partial charge in [-0.25, -0.2) is 4.79 Å². The molecule has 192 valence electrons. The Balaban J connectivity index is 2.46. The summed E-state index contributed by atoms with van der Waals surface area (Å²) in [5.41, 5.74) is 1.77. The Morgan fingerprint density at radius 3 is 1.91 bits per heavy atom. The Labute approximate surface area is 207 Å². The molecule has 0 heterocycles. The number of unbranched alkanes of at least 4 members (excludes halogenated alkanes) is 10. The normalized spacial score (nSPS) is 11.7. The molecule has 1 atom stereocenters. The molecule has 0 saturated carbocycles. The zero-order chi connectivity index (χ0) is 25.0. The van der Waals surface area contributed by atoms with Gasteiger partial charge in [0.2, 0.25) is 5.91 Å². The molecule has 1 aromatic carbocycles. The first-order chi connectivity index (χ1) is 16.5. The van der Waals surface area contributed by atoms with Crippen LogP contribution in [0.4, 0.5) is 0 Å². The quantitative estimate of drug-likeness (QED) is 0.126. The molecule has 0 fully saturated rings. The van der Waals surface area contributed by atoms with Crippen LogP contribution in [0.3, 0.4) is 0 Å². The number of benzene rings is 1. The number of rotatable bonds is 20. The number of hydrogen-bond donors (Lipinski definition) is 1. The smallest absolute Gasteiger partial charge is 0.329 e. The van der Waals surface area contributed by atoms with Gasteiger partial charge in [-0.2, -0.15) is 0 Å². The van der Waals surface area contributed by atoms with Gasteiger partial charge in [-0.3, -0.25) is 9.59 Å². The van der Waals surface area contributed by atoms with Gasteiger partial charge in [-0.15, -0.1) is 0 Å². The van der Waals surface area contributed by atoms with Gasteiger partial charge >= 0.3 is 5.97 Å². The molecule has 0 aromatic heterocycles. The van der Waals surface area contributed by atoms with Gasteiger partial charge in [0.1, 0.15) is 6.04 Å². The van der Waals surface area contributed by atoms with Crippen molar-refractivity contribution in [3.63, 3.8) is 0 Å². The minimum Gasteiger partial charge on any atom is -0.464 e. The molecular weight excluding hydrogens is 426 g/mol. The Kier molecular flexibility index (Phi) is 16.8. The van der Waals surface area contributed by atoms with E-state index in [0.717, 1.165) is 32.1 Å².